The van der Waals surface area contributed by atoms with Gasteiger partial charge in [0.2, 0.25) is 5.91 Å². The first-order valence-electron chi connectivity index (χ1n) is 35.3. The largest absolute Gasteiger partial charge is 0.472 e. The molecular weight excluding hydrogens is 1240 g/mol. The summed E-state index contributed by atoms with van der Waals surface area (Å²) in [7, 11) is -14.8. The van der Waals surface area contributed by atoms with Gasteiger partial charge in [-0.1, -0.05) is 226 Å². The van der Waals surface area contributed by atoms with Gasteiger partial charge in [-0.3, -0.25) is 23.2 Å². The van der Waals surface area contributed by atoms with Gasteiger partial charge >= 0.3 is 23.5 Å². The van der Waals surface area contributed by atoms with Crippen LogP contribution in [0, 0.1) is 0 Å². The summed E-state index contributed by atoms with van der Waals surface area (Å²) >= 11 is 0. The van der Waals surface area contributed by atoms with Gasteiger partial charge in [-0.2, -0.15) is 0 Å². The number of amides is 1. The van der Waals surface area contributed by atoms with Crippen LogP contribution in [0.3, 0.4) is 0 Å². The Hall–Kier alpha value is -1.11. The number of unbranched alkanes of at least 4 members (excludes halogenated alkanes) is 31. The standard InChI is InChI=1S/C65H126NO22P3/c1-6-10-14-18-21-24-25-26-27-28-29-30-32-35-39-43-48-81-63-62(82-49-46-54(79-5)45-41-36-17-13-9-4)59(86-89(70,71)72)55(51-67)84-65(63)83-52-56-60(87-90(73,74)75)61(80-47-42-38-34-23-20-16-12-8-3)58(64(85-56)88-91(76,77)78)66-57(69)50-53(68)44-40-37-33-31-22-19-15-11-7-2/h24-25,54-56,58-65,67H,6-23,26-52H2,1-5H3,(H,66,69)(H2,70,71,72)(H2,73,74,75)(H2,76,77,78)/b25-24-/t54-,55+,56+,58-,59+,60+,61+,62-,63+,64+,65+/m0/s1. The molecule has 0 unspecified atom stereocenters. The first kappa shape index (κ1) is 86.0. The van der Waals surface area contributed by atoms with Gasteiger partial charge in [0, 0.05) is 33.4 Å². The van der Waals surface area contributed by atoms with E-state index in [0.717, 1.165) is 173 Å². The Morgan fingerprint density at radius 1 is 0.451 bits per heavy atom. The van der Waals surface area contributed by atoms with Gasteiger partial charge in [-0.15, -0.1) is 0 Å². The van der Waals surface area contributed by atoms with E-state index in [0.29, 0.717) is 32.1 Å². The van der Waals surface area contributed by atoms with Crippen LogP contribution >= 0.6 is 23.5 Å². The van der Waals surface area contributed by atoms with Crippen LogP contribution in [-0.2, 0) is 70.0 Å². The van der Waals surface area contributed by atoms with E-state index in [1.165, 1.54) is 38.5 Å². The highest BCUT2D eigenvalue weighted by atomic mass is 31.2. The minimum atomic E-state index is -5.53. The lowest BCUT2D eigenvalue weighted by molar-refractivity contribution is -0.327. The van der Waals surface area contributed by atoms with Crippen molar-refractivity contribution in [3.63, 3.8) is 0 Å². The highest BCUT2D eigenvalue weighted by Gasteiger charge is 2.55. The molecule has 0 spiro atoms. The average molecular weight is 1370 g/mol. The van der Waals surface area contributed by atoms with Crippen molar-refractivity contribution >= 4 is 35.2 Å². The van der Waals surface area contributed by atoms with Gasteiger partial charge in [-0.05, 0) is 57.8 Å². The fourth-order valence-corrected chi connectivity index (χ4v) is 13.4. The van der Waals surface area contributed by atoms with E-state index in [2.05, 4.69) is 45.2 Å². The zero-order valence-electron chi connectivity index (χ0n) is 56.4. The number of allylic oxidation sites excluding steroid dienone is 2. The van der Waals surface area contributed by atoms with E-state index in [1.807, 2.05) is 0 Å². The van der Waals surface area contributed by atoms with Crippen LogP contribution in [0.4, 0.5) is 0 Å². The Kier molecular flexibility index (Phi) is 50.0. The highest BCUT2D eigenvalue weighted by molar-refractivity contribution is 7.46. The van der Waals surface area contributed by atoms with Gasteiger partial charge in [0.05, 0.1) is 25.7 Å². The molecule has 0 aliphatic carbocycles. The van der Waals surface area contributed by atoms with Crippen molar-refractivity contribution in [1.29, 1.82) is 0 Å². The van der Waals surface area contributed by atoms with Gasteiger partial charge in [-0.25, -0.2) is 13.7 Å². The third kappa shape index (κ3) is 43.0. The van der Waals surface area contributed by atoms with E-state index in [1.54, 1.807) is 7.11 Å². The van der Waals surface area contributed by atoms with Crippen LogP contribution in [0.25, 0.3) is 0 Å². The number of carbonyl (C=O) groups is 2. The number of Topliss-reactive ketones (excluding diaryl/α,β-unsaturated/α-hetero) is 1. The van der Waals surface area contributed by atoms with Crippen LogP contribution in [0.15, 0.2) is 12.2 Å². The number of nitrogens with one attached hydrogen (secondary N) is 1. The van der Waals surface area contributed by atoms with Crippen LogP contribution in [0.1, 0.15) is 285 Å². The van der Waals surface area contributed by atoms with Gasteiger partial charge in [0.1, 0.15) is 54.6 Å². The lowest BCUT2D eigenvalue weighted by Gasteiger charge is -2.47. The summed E-state index contributed by atoms with van der Waals surface area (Å²) in [5.41, 5.74) is 0. The topological polar surface area (TPSA) is 331 Å². The fraction of sp³-hybridized carbons (Fsp3) is 0.938. The Labute approximate surface area is 547 Å². The Bertz CT molecular complexity index is 1980. The van der Waals surface area contributed by atoms with E-state index in [9.17, 15) is 57.8 Å². The minimum absolute atomic E-state index is 0.0274. The second-order valence-corrected chi connectivity index (χ2v) is 28.6. The molecule has 0 aromatic heterocycles. The first-order chi connectivity index (χ1) is 43.7. The summed E-state index contributed by atoms with van der Waals surface area (Å²) in [6.07, 6.45) is 26.4. The SMILES string of the molecule is CCCCCC/C=C\CCCCCCCCCCO[C@H]1[C@H](OC[C@H]2O[C@H](OP(=O)(O)O)[C@@H](NC(=O)CC(=O)CCCCCCCCCCC)[C@@H](OCCCCCCCCCC)[C@@H]2OP(=O)(O)O)O[C@H](CO)[C@@H](OP(=O)(O)O)[C@@H]1OCC[C@H](CCCCCCC)OC. The molecule has 2 heterocycles. The molecule has 2 saturated heterocycles. The van der Waals surface area contributed by atoms with Gasteiger partial charge in [0.15, 0.2) is 12.6 Å². The monoisotopic (exact) mass is 1370 g/mol. The van der Waals surface area contributed by atoms with Crippen LogP contribution in [0.2, 0.25) is 0 Å². The maximum Gasteiger partial charge on any atom is 0.472 e. The van der Waals surface area contributed by atoms with Crippen LogP contribution in [0.5, 0.6) is 0 Å². The lowest BCUT2D eigenvalue weighted by atomic mass is 9.96. The number of phosphoric acid groups is 3. The minimum Gasteiger partial charge on any atom is -0.394 e. The summed E-state index contributed by atoms with van der Waals surface area (Å²) in [6, 6.07) is -1.74. The predicted octanol–water partition coefficient (Wildman–Crippen LogP) is 14.0. The zero-order valence-corrected chi connectivity index (χ0v) is 59.1. The van der Waals surface area contributed by atoms with Crippen molar-refractivity contribution in [1.82, 2.24) is 5.32 Å². The highest BCUT2D eigenvalue weighted by Crippen LogP contribution is 2.47. The normalized spacial score (nSPS) is 22.9. The van der Waals surface area contributed by atoms with Crippen LogP contribution in [-0.4, -0.2) is 154 Å². The van der Waals surface area contributed by atoms with Crippen molar-refractivity contribution in [3.05, 3.63) is 12.2 Å². The molecule has 2 fully saturated rings. The second kappa shape index (κ2) is 52.9. The molecule has 538 valence electrons. The van der Waals surface area contributed by atoms with Crippen molar-refractivity contribution in [2.45, 2.75) is 352 Å². The summed E-state index contributed by atoms with van der Waals surface area (Å²) in [5, 5.41) is 13.4. The molecule has 23 nitrogen and oxygen atoms in total. The smallest absolute Gasteiger partial charge is 0.394 e. The molecule has 91 heavy (non-hydrogen) atoms. The summed E-state index contributed by atoms with van der Waals surface area (Å²) < 4.78 is 98.3. The third-order valence-corrected chi connectivity index (χ3v) is 18.4. The van der Waals surface area contributed by atoms with E-state index < -0.39 is 116 Å². The number of aliphatic hydroxyl groups is 1. The number of methoxy groups -OCH3 is 1. The van der Waals surface area contributed by atoms with Crippen molar-refractivity contribution in [3.8, 4) is 0 Å². The quantitative estimate of drug-likeness (QED) is 0.0121. The van der Waals surface area contributed by atoms with Crippen molar-refractivity contribution < 1.29 is 104 Å². The molecule has 2 rings (SSSR count). The molecule has 0 saturated carbocycles. The molecule has 0 aromatic carbocycles. The predicted molar refractivity (Wildman–Crippen MR) is 351 cm³/mol. The Morgan fingerprint density at radius 3 is 1.33 bits per heavy atom. The molecule has 2 aliphatic heterocycles. The first-order valence-corrected chi connectivity index (χ1v) is 39.9. The number of phosphoric ester groups is 3. The third-order valence-electron chi connectivity index (χ3n) is 16.8. The van der Waals surface area contributed by atoms with Gasteiger partial charge in [0.25, 0.3) is 0 Å². The fourth-order valence-electron chi connectivity index (χ4n) is 11.8. The van der Waals surface area contributed by atoms with E-state index >= 15 is 0 Å². The number of carbonyl (C=O) groups excluding carboxylic acids is 2. The zero-order chi connectivity index (χ0) is 67.0. The number of ether oxygens (including phenoxy) is 7. The molecule has 1 amide bonds. The van der Waals surface area contributed by atoms with E-state index in [-0.39, 0.29) is 32.3 Å². The maximum absolute atomic E-state index is 13.8. The molecule has 0 bridgehead atoms. The van der Waals surface area contributed by atoms with E-state index in [4.69, 9.17) is 46.7 Å². The maximum atomic E-state index is 13.8. The molecule has 0 radical (unpaired) electrons. The molecule has 2 aliphatic rings. The van der Waals surface area contributed by atoms with Crippen LogP contribution < -0.4 is 5.32 Å². The van der Waals surface area contributed by atoms with Crippen molar-refractivity contribution in [2.75, 3.05) is 40.1 Å². The number of hydrogen-bond donors (Lipinski definition) is 8. The Balaban J connectivity index is 2.52. The summed E-state index contributed by atoms with van der Waals surface area (Å²) in [4.78, 5) is 89.2. The molecule has 26 heteroatoms. The molecule has 11 atom stereocenters. The number of rotatable bonds is 61. The number of aliphatic hydroxyl groups excluding tert-OH is 1. The summed E-state index contributed by atoms with van der Waals surface area (Å²) in [5.74, 6) is -1.30. The average Bonchev–Trinajstić information content (AvgIpc) is 0.818. The second-order valence-electron chi connectivity index (χ2n) is 25.0. The van der Waals surface area contributed by atoms with Gasteiger partial charge < -0.3 is 72.9 Å². The molecule has 0 aromatic rings. The summed E-state index contributed by atoms with van der Waals surface area (Å²) in [6.45, 7) is 6.95. The number of hydrogen-bond acceptors (Lipinski definition) is 16. The Morgan fingerprint density at radius 2 is 0.857 bits per heavy atom. The molecule has 8 N–H and O–H groups in total. The number of ketones is 1. The van der Waals surface area contributed by atoms with Crippen molar-refractivity contribution in [2.24, 2.45) is 0 Å². The lowest BCUT2D eigenvalue weighted by Crippen LogP contribution is -2.66. The molecular formula is C65H126NO22P3.